The van der Waals surface area contributed by atoms with Gasteiger partial charge in [-0.25, -0.2) is 0 Å². The van der Waals surface area contributed by atoms with Gasteiger partial charge in [-0.15, -0.1) is 0 Å². The largest absolute Gasteiger partial charge is 0.343 e. The average Bonchev–Trinajstić information content (AvgIpc) is 2.98. The predicted octanol–water partition coefficient (Wildman–Crippen LogP) is 1.97. The number of hydrogen-bond acceptors (Lipinski definition) is 3. The van der Waals surface area contributed by atoms with Crippen LogP contribution < -0.4 is 5.32 Å². The zero-order valence-corrected chi connectivity index (χ0v) is 12.0. The van der Waals surface area contributed by atoms with Crippen LogP contribution in [0.4, 0.5) is 0 Å². The summed E-state index contributed by atoms with van der Waals surface area (Å²) in [6.45, 7) is 5.30. The molecule has 1 fully saturated rings. The van der Waals surface area contributed by atoms with E-state index in [9.17, 15) is 4.79 Å². The molecule has 0 spiro atoms. The lowest BCUT2D eigenvalue weighted by molar-refractivity contribution is -0.130. The third-order valence-electron chi connectivity index (χ3n) is 3.76. The molecule has 1 aliphatic heterocycles. The van der Waals surface area contributed by atoms with Crippen molar-refractivity contribution >= 4 is 5.91 Å². The van der Waals surface area contributed by atoms with Crippen LogP contribution in [0.1, 0.15) is 36.0 Å². The maximum atomic E-state index is 11.9. The normalized spacial score (nSPS) is 14.3. The van der Waals surface area contributed by atoms with Gasteiger partial charge in [0.1, 0.15) is 0 Å². The number of aryl methyl sites for hydroxylation is 1. The van der Waals surface area contributed by atoms with Gasteiger partial charge in [-0.1, -0.05) is 6.07 Å². The number of carbonyl (C=O) groups is 1. The Kier molecular flexibility index (Phi) is 5.14. The quantitative estimate of drug-likeness (QED) is 0.833. The highest BCUT2D eigenvalue weighted by molar-refractivity contribution is 5.76. The van der Waals surface area contributed by atoms with Crippen LogP contribution in [0.5, 0.6) is 0 Å². The first kappa shape index (κ1) is 14.5. The van der Waals surface area contributed by atoms with Crippen molar-refractivity contribution in [3.63, 3.8) is 0 Å². The smallest absolute Gasteiger partial charge is 0.223 e. The SMILES string of the molecule is Cc1cc(C#N)ccc1CNCCC(=O)N1CCCC1. The number of likely N-dealkylation sites (tertiary alicyclic amines) is 1. The molecular weight excluding hydrogens is 250 g/mol. The summed E-state index contributed by atoms with van der Waals surface area (Å²) in [4.78, 5) is 13.8. The molecule has 0 bridgehead atoms. The van der Waals surface area contributed by atoms with Crippen molar-refractivity contribution in [3.8, 4) is 6.07 Å². The van der Waals surface area contributed by atoms with Crippen LogP contribution in [0.2, 0.25) is 0 Å². The summed E-state index contributed by atoms with van der Waals surface area (Å²) >= 11 is 0. The Hall–Kier alpha value is -1.86. The number of carbonyl (C=O) groups excluding carboxylic acids is 1. The molecule has 20 heavy (non-hydrogen) atoms. The average molecular weight is 271 g/mol. The molecule has 0 atom stereocenters. The molecule has 1 amide bonds. The van der Waals surface area contributed by atoms with E-state index in [1.165, 1.54) is 5.56 Å². The third-order valence-corrected chi connectivity index (χ3v) is 3.76. The molecule has 1 aromatic rings. The van der Waals surface area contributed by atoms with Gasteiger partial charge in [-0.3, -0.25) is 4.79 Å². The van der Waals surface area contributed by atoms with Crippen molar-refractivity contribution in [1.29, 1.82) is 5.26 Å². The van der Waals surface area contributed by atoms with Gasteiger partial charge < -0.3 is 10.2 Å². The molecule has 1 heterocycles. The van der Waals surface area contributed by atoms with E-state index in [0.717, 1.165) is 38.0 Å². The summed E-state index contributed by atoms with van der Waals surface area (Å²) in [5, 5.41) is 12.1. The highest BCUT2D eigenvalue weighted by Gasteiger charge is 2.16. The highest BCUT2D eigenvalue weighted by Crippen LogP contribution is 2.11. The zero-order chi connectivity index (χ0) is 14.4. The van der Waals surface area contributed by atoms with Crippen LogP contribution in [-0.2, 0) is 11.3 Å². The monoisotopic (exact) mass is 271 g/mol. The molecule has 0 unspecified atom stereocenters. The Morgan fingerprint density at radius 2 is 2.15 bits per heavy atom. The molecular formula is C16H21N3O. The number of nitriles is 1. The molecule has 0 aliphatic carbocycles. The van der Waals surface area contributed by atoms with Crippen LogP contribution in [0.3, 0.4) is 0 Å². The van der Waals surface area contributed by atoms with Crippen molar-refractivity contribution < 1.29 is 4.79 Å². The second-order valence-electron chi connectivity index (χ2n) is 5.27. The molecule has 0 radical (unpaired) electrons. The third kappa shape index (κ3) is 3.82. The van der Waals surface area contributed by atoms with E-state index < -0.39 is 0 Å². The standard InChI is InChI=1S/C16H21N3O/c1-13-10-14(11-17)4-5-15(13)12-18-7-6-16(20)19-8-2-3-9-19/h4-5,10,18H,2-3,6-9,12H2,1H3. The summed E-state index contributed by atoms with van der Waals surface area (Å²) in [5.74, 6) is 0.256. The first-order valence-electron chi connectivity index (χ1n) is 7.19. The summed E-state index contributed by atoms with van der Waals surface area (Å²) in [5.41, 5.74) is 2.98. The van der Waals surface area contributed by atoms with E-state index in [2.05, 4.69) is 11.4 Å². The van der Waals surface area contributed by atoms with Gasteiger partial charge in [0, 0.05) is 32.6 Å². The highest BCUT2D eigenvalue weighted by atomic mass is 16.2. The van der Waals surface area contributed by atoms with E-state index in [4.69, 9.17) is 5.26 Å². The molecule has 4 nitrogen and oxygen atoms in total. The molecule has 1 saturated heterocycles. The fourth-order valence-electron chi connectivity index (χ4n) is 2.51. The van der Waals surface area contributed by atoms with Crippen LogP contribution in [-0.4, -0.2) is 30.4 Å². The Bertz CT molecular complexity index is 513. The molecule has 0 saturated carbocycles. The van der Waals surface area contributed by atoms with Crippen molar-refractivity contribution in [2.75, 3.05) is 19.6 Å². The number of benzene rings is 1. The molecule has 0 aromatic heterocycles. The van der Waals surface area contributed by atoms with Gasteiger partial charge in [0.05, 0.1) is 11.6 Å². The summed E-state index contributed by atoms with van der Waals surface area (Å²) in [6.07, 6.45) is 2.85. The van der Waals surface area contributed by atoms with Crippen molar-refractivity contribution in [2.45, 2.75) is 32.7 Å². The minimum absolute atomic E-state index is 0.256. The molecule has 1 aliphatic rings. The number of hydrogen-bond donors (Lipinski definition) is 1. The minimum atomic E-state index is 0.256. The molecule has 1 N–H and O–H groups in total. The van der Waals surface area contributed by atoms with Crippen molar-refractivity contribution in [2.24, 2.45) is 0 Å². The van der Waals surface area contributed by atoms with Crippen molar-refractivity contribution in [1.82, 2.24) is 10.2 Å². The van der Waals surface area contributed by atoms with Crippen molar-refractivity contribution in [3.05, 3.63) is 34.9 Å². The number of nitrogens with zero attached hydrogens (tertiary/aromatic N) is 2. The van der Waals surface area contributed by atoms with Gasteiger partial charge in [0.25, 0.3) is 0 Å². The number of nitrogens with one attached hydrogen (secondary N) is 1. The first-order valence-corrected chi connectivity index (χ1v) is 7.19. The predicted molar refractivity (Wildman–Crippen MR) is 78.0 cm³/mol. The van der Waals surface area contributed by atoms with E-state index in [1.54, 1.807) is 0 Å². The summed E-state index contributed by atoms with van der Waals surface area (Å²) in [7, 11) is 0. The summed E-state index contributed by atoms with van der Waals surface area (Å²) < 4.78 is 0. The lowest BCUT2D eigenvalue weighted by Gasteiger charge is -2.15. The molecule has 4 heteroatoms. The lowest BCUT2D eigenvalue weighted by Crippen LogP contribution is -2.30. The van der Waals surface area contributed by atoms with Gasteiger partial charge in [-0.05, 0) is 43.0 Å². The zero-order valence-electron chi connectivity index (χ0n) is 12.0. The van der Waals surface area contributed by atoms with Crippen LogP contribution in [0.25, 0.3) is 0 Å². The Morgan fingerprint density at radius 1 is 1.40 bits per heavy atom. The van der Waals surface area contributed by atoms with Crippen LogP contribution >= 0.6 is 0 Å². The molecule has 106 valence electrons. The Morgan fingerprint density at radius 3 is 2.80 bits per heavy atom. The second kappa shape index (κ2) is 7.06. The molecule has 1 aromatic carbocycles. The van der Waals surface area contributed by atoms with E-state index in [0.29, 0.717) is 18.5 Å². The Labute approximate surface area is 120 Å². The lowest BCUT2D eigenvalue weighted by atomic mass is 10.1. The minimum Gasteiger partial charge on any atom is -0.343 e. The second-order valence-corrected chi connectivity index (χ2v) is 5.27. The maximum Gasteiger partial charge on any atom is 0.223 e. The number of amides is 1. The van der Waals surface area contributed by atoms with Crippen LogP contribution in [0, 0.1) is 18.3 Å². The van der Waals surface area contributed by atoms with Gasteiger partial charge in [0.2, 0.25) is 5.91 Å². The summed E-state index contributed by atoms with van der Waals surface area (Å²) in [6, 6.07) is 7.84. The van der Waals surface area contributed by atoms with E-state index in [1.807, 2.05) is 30.0 Å². The first-order chi connectivity index (χ1) is 9.70. The maximum absolute atomic E-state index is 11.9. The van der Waals surface area contributed by atoms with Gasteiger partial charge >= 0.3 is 0 Å². The van der Waals surface area contributed by atoms with E-state index in [-0.39, 0.29) is 5.91 Å². The number of rotatable bonds is 5. The van der Waals surface area contributed by atoms with Crippen LogP contribution in [0.15, 0.2) is 18.2 Å². The van der Waals surface area contributed by atoms with E-state index >= 15 is 0 Å². The fraction of sp³-hybridized carbons (Fsp3) is 0.500. The fourth-order valence-corrected chi connectivity index (χ4v) is 2.51. The Balaban J connectivity index is 1.73. The van der Waals surface area contributed by atoms with Gasteiger partial charge in [-0.2, -0.15) is 5.26 Å². The molecule has 2 rings (SSSR count). The van der Waals surface area contributed by atoms with Gasteiger partial charge in [0.15, 0.2) is 0 Å². The topological polar surface area (TPSA) is 56.1 Å².